The molecule has 2 nitrogen and oxygen atoms in total. The summed E-state index contributed by atoms with van der Waals surface area (Å²) in [6.45, 7) is 0. The Morgan fingerprint density at radius 3 is 2.76 bits per heavy atom. The van der Waals surface area contributed by atoms with Crippen LogP contribution in [0, 0.1) is 5.82 Å². The van der Waals surface area contributed by atoms with Crippen molar-refractivity contribution in [3.05, 3.63) is 50.4 Å². The van der Waals surface area contributed by atoms with Gasteiger partial charge in [0.1, 0.15) is 0 Å². The maximum Gasteiger partial charge on any atom is 0.207 e. The molecule has 0 fully saturated rings. The second-order valence-corrected chi connectivity index (χ2v) is 5.02. The molecule has 5 heteroatoms. The molecule has 0 radical (unpaired) electrons. The number of hydrogen-bond acceptors (Lipinski definition) is 3. The molecule has 0 unspecified atom stereocenters. The number of carbonyl (C=O) groups excluding carboxylic acids is 1. The third-order valence-corrected chi connectivity index (χ3v) is 4.09. The average molecular weight is 315 g/mol. The normalized spacial score (nSPS) is 10.3. The van der Waals surface area contributed by atoms with Crippen LogP contribution < -0.4 is 4.74 Å². The van der Waals surface area contributed by atoms with E-state index >= 15 is 0 Å². The van der Waals surface area contributed by atoms with E-state index in [1.165, 1.54) is 30.6 Å². The monoisotopic (exact) mass is 314 g/mol. The Balaban J connectivity index is 2.48. The Morgan fingerprint density at radius 2 is 2.18 bits per heavy atom. The molecule has 0 N–H and O–H groups in total. The topological polar surface area (TPSA) is 26.3 Å². The summed E-state index contributed by atoms with van der Waals surface area (Å²) in [5, 5.41) is 1.77. The molecule has 1 aromatic heterocycles. The van der Waals surface area contributed by atoms with Crippen LogP contribution in [0.15, 0.2) is 34.1 Å². The van der Waals surface area contributed by atoms with Gasteiger partial charge in [0.25, 0.3) is 0 Å². The summed E-state index contributed by atoms with van der Waals surface area (Å²) in [5.74, 6) is -0.896. The van der Waals surface area contributed by atoms with Crippen LogP contribution in [-0.2, 0) is 0 Å². The van der Waals surface area contributed by atoms with Crippen LogP contribution in [0.5, 0.6) is 5.75 Å². The van der Waals surface area contributed by atoms with Gasteiger partial charge in [0.15, 0.2) is 11.6 Å². The van der Waals surface area contributed by atoms with Crippen molar-refractivity contribution in [1.29, 1.82) is 0 Å². The number of ether oxygens (including phenoxy) is 1. The van der Waals surface area contributed by atoms with Crippen molar-refractivity contribution in [1.82, 2.24) is 0 Å². The summed E-state index contributed by atoms with van der Waals surface area (Å²) in [4.78, 5) is 12.6. The van der Waals surface area contributed by atoms with Crippen LogP contribution in [0.1, 0.15) is 15.2 Å². The van der Waals surface area contributed by atoms with Gasteiger partial charge in [-0.3, -0.25) is 4.79 Å². The number of carbonyl (C=O) groups is 1. The lowest BCUT2D eigenvalue weighted by Gasteiger charge is -2.05. The second-order valence-electron chi connectivity index (χ2n) is 3.25. The SMILES string of the molecule is COc1cccc(C(=O)c2sccc2Br)c1F. The van der Waals surface area contributed by atoms with Gasteiger partial charge in [0, 0.05) is 4.47 Å². The molecular weight excluding hydrogens is 307 g/mol. The molecule has 0 aliphatic rings. The highest BCUT2D eigenvalue weighted by atomic mass is 79.9. The molecule has 0 bridgehead atoms. The fourth-order valence-corrected chi connectivity index (χ4v) is 2.93. The number of ketones is 1. The first-order chi connectivity index (χ1) is 8.15. The average Bonchev–Trinajstić information content (AvgIpc) is 2.75. The molecule has 0 aliphatic carbocycles. The lowest BCUT2D eigenvalue weighted by atomic mass is 10.1. The fourth-order valence-electron chi connectivity index (χ4n) is 1.42. The van der Waals surface area contributed by atoms with Gasteiger partial charge in [0.2, 0.25) is 5.78 Å². The molecule has 0 saturated heterocycles. The highest BCUT2D eigenvalue weighted by molar-refractivity contribution is 9.10. The molecule has 0 atom stereocenters. The Hall–Kier alpha value is -1.20. The summed E-state index contributed by atoms with van der Waals surface area (Å²) in [6, 6.07) is 6.29. The first-order valence-corrected chi connectivity index (χ1v) is 6.42. The Labute approximate surface area is 110 Å². The number of thiophene rings is 1. The van der Waals surface area contributed by atoms with Crippen molar-refractivity contribution in [2.75, 3.05) is 7.11 Å². The van der Waals surface area contributed by atoms with Crippen molar-refractivity contribution >= 4 is 33.0 Å². The minimum atomic E-state index is -0.625. The van der Waals surface area contributed by atoms with Gasteiger partial charge in [-0.05, 0) is 39.5 Å². The molecule has 88 valence electrons. The Morgan fingerprint density at radius 1 is 1.41 bits per heavy atom. The van der Waals surface area contributed by atoms with E-state index in [0.717, 1.165) is 0 Å². The van der Waals surface area contributed by atoms with Crippen molar-refractivity contribution in [3.63, 3.8) is 0 Å². The van der Waals surface area contributed by atoms with E-state index in [0.29, 0.717) is 9.35 Å². The summed E-state index contributed by atoms with van der Waals surface area (Å²) in [6.07, 6.45) is 0. The van der Waals surface area contributed by atoms with Gasteiger partial charge in [0.05, 0.1) is 17.6 Å². The fraction of sp³-hybridized carbons (Fsp3) is 0.0833. The quantitative estimate of drug-likeness (QED) is 0.803. The van der Waals surface area contributed by atoms with Gasteiger partial charge in [-0.15, -0.1) is 11.3 Å². The molecule has 2 rings (SSSR count). The van der Waals surface area contributed by atoms with E-state index in [9.17, 15) is 9.18 Å². The van der Waals surface area contributed by atoms with Gasteiger partial charge < -0.3 is 4.74 Å². The minimum absolute atomic E-state index is 0.0208. The Bertz CT molecular complexity index is 565. The molecule has 17 heavy (non-hydrogen) atoms. The summed E-state index contributed by atoms with van der Waals surface area (Å²) in [7, 11) is 1.37. The number of rotatable bonds is 3. The zero-order valence-corrected chi connectivity index (χ0v) is 11.3. The van der Waals surface area contributed by atoms with Crippen LogP contribution in [-0.4, -0.2) is 12.9 Å². The number of hydrogen-bond donors (Lipinski definition) is 0. The summed E-state index contributed by atoms with van der Waals surface area (Å²) in [5.41, 5.74) is 0.0208. The van der Waals surface area contributed by atoms with Crippen molar-refractivity contribution < 1.29 is 13.9 Å². The largest absolute Gasteiger partial charge is 0.494 e. The Kier molecular flexibility index (Phi) is 3.59. The van der Waals surface area contributed by atoms with E-state index in [2.05, 4.69) is 15.9 Å². The second kappa shape index (κ2) is 4.98. The molecule has 0 saturated carbocycles. The minimum Gasteiger partial charge on any atom is -0.494 e. The predicted molar refractivity (Wildman–Crippen MR) is 68.4 cm³/mol. The lowest BCUT2D eigenvalue weighted by Crippen LogP contribution is -2.04. The molecule has 2 aromatic rings. The van der Waals surface area contributed by atoms with Crippen LogP contribution in [0.25, 0.3) is 0 Å². The molecule has 0 aliphatic heterocycles. The predicted octanol–water partition coefficient (Wildman–Crippen LogP) is 3.89. The number of methoxy groups -OCH3 is 1. The first kappa shape index (κ1) is 12.3. The molecular formula is C12H8BrFO2S. The van der Waals surface area contributed by atoms with E-state index in [1.807, 2.05) is 0 Å². The summed E-state index contributed by atoms with van der Waals surface area (Å²) >= 11 is 4.53. The number of benzene rings is 1. The maximum absolute atomic E-state index is 13.9. The smallest absolute Gasteiger partial charge is 0.207 e. The van der Waals surface area contributed by atoms with Crippen LogP contribution in [0.3, 0.4) is 0 Å². The molecule has 0 spiro atoms. The zero-order chi connectivity index (χ0) is 12.4. The zero-order valence-electron chi connectivity index (χ0n) is 8.87. The highest BCUT2D eigenvalue weighted by Gasteiger charge is 2.19. The van der Waals surface area contributed by atoms with Crippen LogP contribution >= 0.6 is 27.3 Å². The molecule has 1 aromatic carbocycles. The van der Waals surface area contributed by atoms with Crippen molar-refractivity contribution in [2.24, 2.45) is 0 Å². The maximum atomic E-state index is 13.9. The van der Waals surface area contributed by atoms with Crippen molar-refractivity contribution in [3.8, 4) is 5.75 Å². The third kappa shape index (κ3) is 2.25. The summed E-state index contributed by atoms with van der Waals surface area (Å²) < 4.78 is 19.4. The van der Waals surface area contributed by atoms with E-state index < -0.39 is 5.82 Å². The van der Waals surface area contributed by atoms with E-state index in [-0.39, 0.29) is 17.1 Å². The highest BCUT2D eigenvalue weighted by Crippen LogP contribution is 2.28. The van der Waals surface area contributed by atoms with Gasteiger partial charge in [-0.25, -0.2) is 4.39 Å². The molecule has 0 amide bonds. The van der Waals surface area contributed by atoms with E-state index in [4.69, 9.17) is 4.74 Å². The first-order valence-electron chi connectivity index (χ1n) is 4.75. The third-order valence-electron chi connectivity index (χ3n) is 2.25. The van der Waals surface area contributed by atoms with Gasteiger partial charge in [-0.1, -0.05) is 6.07 Å². The van der Waals surface area contributed by atoms with Gasteiger partial charge >= 0.3 is 0 Å². The van der Waals surface area contributed by atoms with Crippen LogP contribution in [0.2, 0.25) is 0 Å². The van der Waals surface area contributed by atoms with Crippen molar-refractivity contribution in [2.45, 2.75) is 0 Å². The number of halogens is 2. The van der Waals surface area contributed by atoms with Gasteiger partial charge in [-0.2, -0.15) is 0 Å². The lowest BCUT2D eigenvalue weighted by molar-refractivity contribution is 0.103. The standard InChI is InChI=1S/C12H8BrFO2S/c1-16-9-4-2-3-7(10(9)14)11(15)12-8(13)5-6-17-12/h2-6H,1H3. The van der Waals surface area contributed by atoms with Crippen LogP contribution in [0.4, 0.5) is 4.39 Å². The molecule has 1 heterocycles. The van der Waals surface area contributed by atoms with E-state index in [1.54, 1.807) is 17.5 Å².